The third-order valence-corrected chi connectivity index (χ3v) is 1.77. The molecular weight excluding hydrogens is 192 g/mol. The van der Waals surface area contributed by atoms with E-state index in [2.05, 4.69) is 20.6 Å². The van der Waals surface area contributed by atoms with E-state index in [1.54, 1.807) is 6.20 Å². The highest BCUT2D eigenvalue weighted by Gasteiger charge is 2.00. The van der Waals surface area contributed by atoms with E-state index in [4.69, 9.17) is 0 Å². The van der Waals surface area contributed by atoms with Gasteiger partial charge in [-0.1, -0.05) is 6.92 Å². The van der Waals surface area contributed by atoms with Crippen LogP contribution in [0, 0.1) is 6.92 Å². The number of nitrogens with one attached hydrogen (secondary N) is 2. The highest BCUT2D eigenvalue weighted by Crippen LogP contribution is 1.97. The minimum absolute atomic E-state index is 0.0399. The lowest BCUT2D eigenvalue weighted by Gasteiger charge is -2.05. The number of rotatable bonds is 5. The van der Waals surface area contributed by atoms with Gasteiger partial charge in [-0.15, -0.1) is 0 Å². The van der Waals surface area contributed by atoms with Gasteiger partial charge in [0, 0.05) is 18.4 Å². The lowest BCUT2D eigenvalue weighted by molar-refractivity contribution is -0.119. The maximum Gasteiger partial charge on any atom is 0.239 e. The fourth-order valence-electron chi connectivity index (χ4n) is 1.02. The van der Waals surface area contributed by atoms with E-state index in [0.717, 1.165) is 12.1 Å². The normalized spacial score (nSPS) is 9.73. The molecule has 0 atom stereocenters. The maximum atomic E-state index is 11.2. The van der Waals surface area contributed by atoms with Gasteiger partial charge in [0.1, 0.15) is 0 Å². The van der Waals surface area contributed by atoms with Gasteiger partial charge in [0.25, 0.3) is 0 Å². The Morgan fingerprint density at radius 3 is 3.00 bits per heavy atom. The first-order valence-corrected chi connectivity index (χ1v) is 5.02. The highest BCUT2D eigenvalue weighted by atomic mass is 16.1. The summed E-state index contributed by atoms with van der Waals surface area (Å²) in [6.45, 7) is 4.81. The number of aryl methyl sites for hydroxylation is 1. The van der Waals surface area contributed by atoms with E-state index in [9.17, 15) is 4.79 Å². The fourth-order valence-corrected chi connectivity index (χ4v) is 1.02. The molecule has 0 aliphatic heterocycles. The average Bonchev–Trinajstić information content (AvgIpc) is 2.23. The number of hydrogen-bond acceptors (Lipinski definition) is 4. The summed E-state index contributed by atoms with van der Waals surface area (Å²) in [6, 6.07) is 1.81. The van der Waals surface area contributed by atoms with Crippen LogP contribution in [-0.4, -0.2) is 29.0 Å². The van der Waals surface area contributed by atoms with Crippen LogP contribution < -0.4 is 10.6 Å². The quantitative estimate of drug-likeness (QED) is 0.748. The van der Waals surface area contributed by atoms with Crippen LogP contribution in [0.4, 0.5) is 5.95 Å². The molecule has 0 spiro atoms. The van der Waals surface area contributed by atoms with Gasteiger partial charge in [0.2, 0.25) is 11.9 Å². The third-order valence-electron chi connectivity index (χ3n) is 1.77. The number of anilines is 1. The Kier molecular flexibility index (Phi) is 4.53. The van der Waals surface area contributed by atoms with Crippen molar-refractivity contribution in [2.45, 2.75) is 20.3 Å². The second-order valence-corrected chi connectivity index (χ2v) is 3.23. The molecule has 0 unspecified atom stereocenters. The van der Waals surface area contributed by atoms with E-state index in [1.807, 2.05) is 19.9 Å². The van der Waals surface area contributed by atoms with Gasteiger partial charge in [-0.05, 0) is 19.4 Å². The van der Waals surface area contributed by atoms with E-state index in [-0.39, 0.29) is 12.5 Å². The molecule has 15 heavy (non-hydrogen) atoms. The summed E-state index contributed by atoms with van der Waals surface area (Å²) in [5, 5.41) is 5.62. The largest absolute Gasteiger partial charge is 0.355 e. The first kappa shape index (κ1) is 11.4. The van der Waals surface area contributed by atoms with Crippen LogP contribution in [0.5, 0.6) is 0 Å². The minimum Gasteiger partial charge on any atom is -0.355 e. The Labute approximate surface area is 89.3 Å². The summed E-state index contributed by atoms with van der Waals surface area (Å²) in [5.74, 6) is 0.448. The van der Waals surface area contributed by atoms with Gasteiger partial charge in [0.15, 0.2) is 0 Å². The van der Waals surface area contributed by atoms with Gasteiger partial charge in [-0.3, -0.25) is 4.79 Å². The number of aromatic nitrogens is 2. The summed E-state index contributed by atoms with van der Waals surface area (Å²) in [4.78, 5) is 19.3. The van der Waals surface area contributed by atoms with E-state index < -0.39 is 0 Å². The van der Waals surface area contributed by atoms with Crippen molar-refractivity contribution < 1.29 is 4.79 Å². The number of carbonyl (C=O) groups is 1. The molecule has 1 amide bonds. The number of nitrogens with zero attached hydrogens (tertiary/aromatic N) is 2. The van der Waals surface area contributed by atoms with Crippen molar-refractivity contribution in [3.05, 3.63) is 18.0 Å². The van der Waals surface area contributed by atoms with Crippen molar-refractivity contribution in [3.63, 3.8) is 0 Å². The van der Waals surface area contributed by atoms with E-state index in [0.29, 0.717) is 12.5 Å². The second kappa shape index (κ2) is 5.95. The maximum absolute atomic E-state index is 11.2. The molecule has 0 aromatic carbocycles. The van der Waals surface area contributed by atoms with Gasteiger partial charge in [-0.25, -0.2) is 9.97 Å². The van der Waals surface area contributed by atoms with Crippen molar-refractivity contribution in [2.75, 3.05) is 18.4 Å². The fraction of sp³-hybridized carbons (Fsp3) is 0.500. The summed E-state index contributed by atoms with van der Waals surface area (Å²) >= 11 is 0. The van der Waals surface area contributed by atoms with Crippen LogP contribution in [0.25, 0.3) is 0 Å². The van der Waals surface area contributed by atoms with E-state index >= 15 is 0 Å². The smallest absolute Gasteiger partial charge is 0.239 e. The first-order valence-electron chi connectivity index (χ1n) is 5.02. The minimum atomic E-state index is -0.0399. The van der Waals surface area contributed by atoms with Crippen LogP contribution in [0.15, 0.2) is 12.3 Å². The molecule has 0 fully saturated rings. The Bertz CT molecular complexity index is 327. The zero-order valence-corrected chi connectivity index (χ0v) is 9.08. The van der Waals surface area contributed by atoms with Gasteiger partial charge >= 0.3 is 0 Å². The molecule has 82 valence electrons. The predicted octanol–water partition coefficient (Wildman–Crippen LogP) is 0.723. The van der Waals surface area contributed by atoms with Crippen molar-refractivity contribution in [3.8, 4) is 0 Å². The standard InChI is InChI=1S/C10H16N4O/c1-3-5-11-9(15)7-13-10-12-6-4-8(2)14-10/h4,6H,3,5,7H2,1-2H3,(H,11,15)(H,12,13,14). The molecule has 1 rings (SSSR count). The van der Waals surface area contributed by atoms with Crippen LogP contribution in [0.1, 0.15) is 19.0 Å². The summed E-state index contributed by atoms with van der Waals surface area (Å²) < 4.78 is 0. The summed E-state index contributed by atoms with van der Waals surface area (Å²) in [7, 11) is 0. The SMILES string of the molecule is CCCNC(=O)CNc1nccc(C)n1. The van der Waals surface area contributed by atoms with Crippen molar-refractivity contribution >= 4 is 11.9 Å². The zero-order valence-electron chi connectivity index (χ0n) is 9.08. The van der Waals surface area contributed by atoms with Gasteiger partial charge in [-0.2, -0.15) is 0 Å². The monoisotopic (exact) mass is 208 g/mol. The first-order chi connectivity index (χ1) is 7.22. The Morgan fingerprint density at radius 1 is 1.53 bits per heavy atom. The van der Waals surface area contributed by atoms with Gasteiger partial charge < -0.3 is 10.6 Å². The number of amides is 1. The van der Waals surface area contributed by atoms with Gasteiger partial charge in [0.05, 0.1) is 6.54 Å². The van der Waals surface area contributed by atoms with Crippen LogP contribution >= 0.6 is 0 Å². The molecule has 2 N–H and O–H groups in total. The molecule has 1 heterocycles. The van der Waals surface area contributed by atoms with Crippen LogP contribution in [0.3, 0.4) is 0 Å². The third kappa shape index (κ3) is 4.39. The molecule has 0 saturated carbocycles. The molecule has 5 nitrogen and oxygen atoms in total. The Hall–Kier alpha value is -1.65. The molecule has 5 heteroatoms. The number of carbonyl (C=O) groups excluding carboxylic acids is 1. The zero-order chi connectivity index (χ0) is 11.1. The molecule has 1 aromatic heterocycles. The second-order valence-electron chi connectivity index (χ2n) is 3.23. The Morgan fingerprint density at radius 2 is 2.33 bits per heavy atom. The molecule has 0 radical (unpaired) electrons. The van der Waals surface area contributed by atoms with E-state index in [1.165, 1.54) is 0 Å². The average molecular weight is 208 g/mol. The van der Waals surface area contributed by atoms with Crippen molar-refractivity contribution in [2.24, 2.45) is 0 Å². The summed E-state index contributed by atoms with van der Waals surface area (Å²) in [6.07, 6.45) is 2.60. The molecule has 0 aliphatic carbocycles. The molecule has 0 bridgehead atoms. The van der Waals surface area contributed by atoms with Crippen LogP contribution in [-0.2, 0) is 4.79 Å². The molecule has 0 aliphatic rings. The summed E-state index contributed by atoms with van der Waals surface area (Å²) in [5.41, 5.74) is 0.876. The van der Waals surface area contributed by atoms with Crippen molar-refractivity contribution in [1.82, 2.24) is 15.3 Å². The lowest BCUT2D eigenvalue weighted by atomic mass is 10.4. The topological polar surface area (TPSA) is 66.9 Å². The lowest BCUT2D eigenvalue weighted by Crippen LogP contribution is -2.30. The molecular formula is C10H16N4O. The highest BCUT2D eigenvalue weighted by molar-refractivity contribution is 5.80. The Balaban J connectivity index is 2.33. The molecule has 0 saturated heterocycles. The van der Waals surface area contributed by atoms with Crippen LogP contribution in [0.2, 0.25) is 0 Å². The predicted molar refractivity (Wildman–Crippen MR) is 58.6 cm³/mol. The molecule has 1 aromatic rings. The number of hydrogen-bond donors (Lipinski definition) is 2. The van der Waals surface area contributed by atoms with Crippen molar-refractivity contribution in [1.29, 1.82) is 0 Å².